The Morgan fingerprint density at radius 3 is 2.61 bits per heavy atom. The van der Waals surface area contributed by atoms with Crippen molar-refractivity contribution < 1.29 is 0 Å². The van der Waals surface area contributed by atoms with Crippen molar-refractivity contribution in [3.05, 3.63) is 28.2 Å². The van der Waals surface area contributed by atoms with Crippen LogP contribution in [-0.4, -0.2) is 13.1 Å². The SMILES string of the molecule is CC(C)(C)C1CCN(c2cc(Br)cc(CN)c2)C1. The molecule has 1 fully saturated rings. The standard InChI is InChI=1S/C15H23BrN2/c1-15(2,3)12-4-5-18(10-12)14-7-11(9-17)6-13(16)8-14/h6-8,12H,4-5,9-10,17H2,1-3H3. The summed E-state index contributed by atoms with van der Waals surface area (Å²) in [7, 11) is 0. The fourth-order valence-corrected chi connectivity index (χ4v) is 3.16. The van der Waals surface area contributed by atoms with E-state index < -0.39 is 0 Å². The fourth-order valence-electron chi connectivity index (χ4n) is 2.64. The smallest absolute Gasteiger partial charge is 0.0380 e. The maximum atomic E-state index is 5.74. The summed E-state index contributed by atoms with van der Waals surface area (Å²) >= 11 is 3.57. The molecule has 0 amide bonds. The predicted octanol–water partition coefficient (Wildman–Crippen LogP) is 3.78. The lowest BCUT2D eigenvalue weighted by atomic mass is 9.80. The van der Waals surface area contributed by atoms with Gasteiger partial charge in [-0.1, -0.05) is 36.7 Å². The van der Waals surface area contributed by atoms with E-state index in [4.69, 9.17) is 5.73 Å². The van der Waals surface area contributed by atoms with Crippen LogP contribution >= 0.6 is 15.9 Å². The highest BCUT2D eigenvalue weighted by Crippen LogP contribution is 2.36. The first-order chi connectivity index (χ1) is 8.40. The molecule has 0 aliphatic carbocycles. The number of nitrogens with two attached hydrogens (primary N) is 1. The van der Waals surface area contributed by atoms with Crippen molar-refractivity contribution in [1.29, 1.82) is 0 Å². The van der Waals surface area contributed by atoms with E-state index in [0.29, 0.717) is 12.0 Å². The molecule has 0 spiro atoms. The average Bonchev–Trinajstić information content (AvgIpc) is 2.77. The van der Waals surface area contributed by atoms with Gasteiger partial charge in [-0.2, -0.15) is 0 Å². The first-order valence-corrected chi connectivity index (χ1v) is 7.44. The molecule has 0 aromatic heterocycles. The van der Waals surface area contributed by atoms with Gasteiger partial charge in [0.2, 0.25) is 0 Å². The molecule has 1 aromatic rings. The minimum Gasteiger partial charge on any atom is -0.371 e. The maximum Gasteiger partial charge on any atom is 0.0380 e. The Hall–Kier alpha value is -0.540. The summed E-state index contributed by atoms with van der Waals surface area (Å²) in [5.74, 6) is 0.776. The highest BCUT2D eigenvalue weighted by atomic mass is 79.9. The molecule has 1 unspecified atom stereocenters. The molecule has 2 N–H and O–H groups in total. The quantitative estimate of drug-likeness (QED) is 0.900. The predicted molar refractivity (Wildman–Crippen MR) is 81.8 cm³/mol. The molecular weight excluding hydrogens is 288 g/mol. The molecule has 0 saturated carbocycles. The lowest BCUT2D eigenvalue weighted by Crippen LogP contribution is -2.25. The van der Waals surface area contributed by atoms with Crippen LogP contribution in [0.2, 0.25) is 0 Å². The Morgan fingerprint density at radius 2 is 2.06 bits per heavy atom. The second kappa shape index (κ2) is 5.22. The second-order valence-electron chi connectivity index (χ2n) is 6.32. The zero-order valence-electron chi connectivity index (χ0n) is 11.5. The van der Waals surface area contributed by atoms with Crippen LogP contribution in [0.5, 0.6) is 0 Å². The Morgan fingerprint density at radius 1 is 1.33 bits per heavy atom. The third-order valence-electron chi connectivity index (χ3n) is 3.96. The first-order valence-electron chi connectivity index (χ1n) is 6.64. The monoisotopic (exact) mass is 310 g/mol. The van der Waals surface area contributed by atoms with Gasteiger partial charge in [0.25, 0.3) is 0 Å². The van der Waals surface area contributed by atoms with Gasteiger partial charge in [-0.3, -0.25) is 0 Å². The van der Waals surface area contributed by atoms with Crippen molar-refractivity contribution in [3.63, 3.8) is 0 Å². The number of nitrogens with zero attached hydrogens (tertiary/aromatic N) is 1. The fraction of sp³-hybridized carbons (Fsp3) is 0.600. The topological polar surface area (TPSA) is 29.3 Å². The largest absolute Gasteiger partial charge is 0.371 e. The molecule has 18 heavy (non-hydrogen) atoms. The van der Waals surface area contributed by atoms with Gasteiger partial charge in [0.05, 0.1) is 0 Å². The third-order valence-corrected chi connectivity index (χ3v) is 4.41. The molecular formula is C15H23BrN2. The normalized spacial score (nSPS) is 20.5. The van der Waals surface area contributed by atoms with E-state index in [0.717, 1.165) is 23.5 Å². The van der Waals surface area contributed by atoms with Gasteiger partial charge in [0, 0.05) is 29.8 Å². The molecule has 3 heteroatoms. The van der Waals surface area contributed by atoms with Crippen LogP contribution in [0.15, 0.2) is 22.7 Å². The van der Waals surface area contributed by atoms with E-state index in [1.807, 2.05) is 0 Å². The van der Waals surface area contributed by atoms with E-state index in [-0.39, 0.29) is 0 Å². The number of halogens is 1. The van der Waals surface area contributed by atoms with Gasteiger partial charge in [-0.15, -0.1) is 0 Å². The summed E-state index contributed by atoms with van der Waals surface area (Å²) in [6.07, 6.45) is 1.29. The van der Waals surface area contributed by atoms with E-state index in [2.05, 4.69) is 59.8 Å². The zero-order valence-corrected chi connectivity index (χ0v) is 13.1. The lowest BCUT2D eigenvalue weighted by molar-refractivity contribution is 0.263. The van der Waals surface area contributed by atoms with Gasteiger partial charge in [-0.25, -0.2) is 0 Å². The number of hydrogen-bond donors (Lipinski definition) is 1. The Labute approximate surface area is 119 Å². The molecule has 0 bridgehead atoms. The molecule has 1 aliphatic heterocycles. The average molecular weight is 311 g/mol. The van der Waals surface area contributed by atoms with Gasteiger partial charge >= 0.3 is 0 Å². The summed E-state index contributed by atoms with van der Waals surface area (Å²) in [5, 5.41) is 0. The van der Waals surface area contributed by atoms with Crippen LogP contribution in [0.3, 0.4) is 0 Å². The Balaban J connectivity index is 2.16. The van der Waals surface area contributed by atoms with Crippen LogP contribution in [-0.2, 0) is 6.54 Å². The molecule has 1 atom stereocenters. The van der Waals surface area contributed by atoms with E-state index >= 15 is 0 Å². The highest BCUT2D eigenvalue weighted by Gasteiger charge is 2.31. The van der Waals surface area contributed by atoms with E-state index in [1.165, 1.54) is 17.7 Å². The van der Waals surface area contributed by atoms with E-state index in [9.17, 15) is 0 Å². The van der Waals surface area contributed by atoms with Gasteiger partial charge in [0.1, 0.15) is 0 Å². The van der Waals surface area contributed by atoms with Crippen molar-refractivity contribution in [2.75, 3.05) is 18.0 Å². The van der Waals surface area contributed by atoms with Crippen molar-refractivity contribution in [2.24, 2.45) is 17.1 Å². The minimum absolute atomic E-state index is 0.400. The van der Waals surface area contributed by atoms with Crippen LogP contribution in [0.1, 0.15) is 32.8 Å². The number of rotatable bonds is 2. The summed E-state index contributed by atoms with van der Waals surface area (Å²) in [5.41, 5.74) is 8.64. The summed E-state index contributed by atoms with van der Waals surface area (Å²) in [6, 6.07) is 6.51. The van der Waals surface area contributed by atoms with Crippen LogP contribution in [0.4, 0.5) is 5.69 Å². The van der Waals surface area contributed by atoms with Crippen LogP contribution in [0, 0.1) is 11.3 Å². The van der Waals surface area contributed by atoms with Crippen LogP contribution < -0.4 is 10.6 Å². The summed E-state index contributed by atoms with van der Waals surface area (Å²) in [4.78, 5) is 2.49. The maximum absolute atomic E-state index is 5.74. The molecule has 100 valence electrons. The number of anilines is 1. The lowest BCUT2D eigenvalue weighted by Gasteiger charge is -2.27. The molecule has 1 heterocycles. The van der Waals surface area contributed by atoms with Crippen molar-refractivity contribution in [1.82, 2.24) is 0 Å². The molecule has 1 saturated heterocycles. The van der Waals surface area contributed by atoms with Gasteiger partial charge in [0.15, 0.2) is 0 Å². The Kier molecular flexibility index (Phi) is 4.02. The molecule has 1 aromatic carbocycles. The van der Waals surface area contributed by atoms with Crippen LogP contribution in [0.25, 0.3) is 0 Å². The van der Waals surface area contributed by atoms with Crippen molar-refractivity contribution in [2.45, 2.75) is 33.7 Å². The molecule has 0 radical (unpaired) electrons. The minimum atomic E-state index is 0.400. The summed E-state index contributed by atoms with van der Waals surface area (Å²) in [6.45, 7) is 9.93. The van der Waals surface area contributed by atoms with Crippen molar-refractivity contribution in [3.8, 4) is 0 Å². The molecule has 2 nitrogen and oxygen atoms in total. The zero-order chi connectivity index (χ0) is 13.3. The number of benzene rings is 1. The first kappa shape index (κ1) is 13.9. The highest BCUT2D eigenvalue weighted by molar-refractivity contribution is 9.10. The Bertz CT molecular complexity index is 423. The third kappa shape index (κ3) is 3.07. The second-order valence-corrected chi connectivity index (χ2v) is 7.24. The molecule has 1 aliphatic rings. The van der Waals surface area contributed by atoms with Gasteiger partial charge < -0.3 is 10.6 Å². The van der Waals surface area contributed by atoms with E-state index in [1.54, 1.807) is 0 Å². The van der Waals surface area contributed by atoms with Crippen molar-refractivity contribution >= 4 is 21.6 Å². The van der Waals surface area contributed by atoms with Gasteiger partial charge in [-0.05, 0) is 41.5 Å². The number of hydrogen-bond acceptors (Lipinski definition) is 2. The molecule has 2 rings (SSSR count). The summed E-state index contributed by atoms with van der Waals surface area (Å²) < 4.78 is 1.12.